The summed E-state index contributed by atoms with van der Waals surface area (Å²) in [7, 11) is 1.76. The van der Waals surface area contributed by atoms with Crippen molar-refractivity contribution in [3.63, 3.8) is 0 Å². The fourth-order valence-electron chi connectivity index (χ4n) is 0.812. The molecule has 0 saturated carbocycles. The molecule has 0 spiro atoms. The molecule has 0 aromatic carbocycles. The third kappa shape index (κ3) is 5.36. The van der Waals surface area contributed by atoms with E-state index in [0.717, 1.165) is 0 Å². The molecule has 72 valence electrons. The van der Waals surface area contributed by atoms with Gasteiger partial charge in [-0.2, -0.15) is 0 Å². The Kier molecular flexibility index (Phi) is 4.54. The van der Waals surface area contributed by atoms with Crippen LogP contribution in [0, 0.1) is 11.3 Å². The summed E-state index contributed by atoms with van der Waals surface area (Å²) in [5.41, 5.74) is 0.279. The zero-order chi connectivity index (χ0) is 9.78. The molecule has 0 amide bonds. The topological polar surface area (TPSA) is 9.23 Å². The van der Waals surface area contributed by atoms with E-state index >= 15 is 0 Å². The minimum atomic E-state index is 0.279. The van der Waals surface area contributed by atoms with Gasteiger partial charge in [-0.15, -0.1) is 0 Å². The lowest BCUT2D eigenvalue weighted by atomic mass is 9.93. The summed E-state index contributed by atoms with van der Waals surface area (Å²) in [6, 6.07) is 0. The maximum absolute atomic E-state index is 5.23. The van der Waals surface area contributed by atoms with Crippen LogP contribution >= 0.6 is 0 Å². The highest BCUT2D eigenvalue weighted by atomic mass is 16.5. The molecule has 0 aromatic rings. The van der Waals surface area contributed by atoms with E-state index in [1.165, 1.54) is 0 Å². The first kappa shape index (κ1) is 11.7. The molecule has 0 rings (SSSR count). The minimum Gasteiger partial charge on any atom is -0.381 e. The fourth-order valence-corrected chi connectivity index (χ4v) is 0.812. The lowest BCUT2D eigenvalue weighted by molar-refractivity contribution is 0.0896. The molecular weight excluding hydrogens is 148 g/mol. The van der Waals surface area contributed by atoms with Crippen LogP contribution in [0.4, 0.5) is 0 Å². The standard InChI is InChI=1S/C11H22O/c1-9(10(2)12-6)7-8-11(3,4)5/h7-10H,1-6H3/b8-7+/t9-,10-/m0/s1. The normalized spacial score (nSPS) is 18.2. The van der Waals surface area contributed by atoms with E-state index < -0.39 is 0 Å². The van der Waals surface area contributed by atoms with Crippen molar-refractivity contribution >= 4 is 0 Å². The first-order chi connectivity index (χ1) is 5.37. The van der Waals surface area contributed by atoms with Crippen LogP contribution in [0.1, 0.15) is 34.6 Å². The van der Waals surface area contributed by atoms with Crippen molar-refractivity contribution in [1.82, 2.24) is 0 Å². The van der Waals surface area contributed by atoms with Gasteiger partial charge in [0.1, 0.15) is 0 Å². The molecule has 0 aliphatic carbocycles. The van der Waals surface area contributed by atoms with Crippen LogP contribution in [0.15, 0.2) is 12.2 Å². The predicted molar refractivity (Wildman–Crippen MR) is 54.2 cm³/mol. The second-order valence-corrected chi connectivity index (χ2v) is 4.53. The summed E-state index contributed by atoms with van der Waals surface area (Å²) in [4.78, 5) is 0. The van der Waals surface area contributed by atoms with E-state index in [0.29, 0.717) is 12.0 Å². The van der Waals surface area contributed by atoms with E-state index in [2.05, 4.69) is 46.8 Å². The zero-order valence-electron chi connectivity index (χ0n) is 9.22. The average molecular weight is 170 g/mol. The van der Waals surface area contributed by atoms with Crippen LogP contribution < -0.4 is 0 Å². The SMILES string of the molecule is CO[C@@H](C)[C@@H](C)/C=C/C(C)(C)C. The molecule has 1 heteroatoms. The third-order valence-electron chi connectivity index (χ3n) is 2.01. The van der Waals surface area contributed by atoms with Crippen molar-refractivity contribution in [3.8, 4) is 0 Å². The lowest BCUT2D eigenvalue weighted by Crippen LogP contribution is -2.14. The van der Waals surface area contributed by atoms with Crippen molar-refractivity contribution in [2.45, 2.75) is 40.7 Å². The monoisotopic (exact) mass is 170 g/mol. The summed E-state index contributed by atoms with van der Waals surface area (Å²) in [6.45, 7) is 10.9. The Labute approximate surface area is 76.8 Å². The summed E-state index contributed by atoms with van der Waals surface area (Å²) in [5, 5.41) is 0. The van der Waals surface area contributed by atoms with Crippen LogP contribution in [0.2, 0.25) is 0 Å². The number of rotatable bonds is 3. The maximum atomic E-state index is 5.23. The van der Waals surface area contributed by atoms with Crippen LogP contribution in [0.3, 0.4) is 0 Å². The van der Waals surface area contributed by atoms with Gasteiger partial charge in [0.15, 0.2) is 0 Å². The van der Waals surface area contributed by atoms with E-state index in [1.807, 2.05) is 0 Å². The lowest BCUT2D eigenvalue weighted by Gasteiger charge is -2.17. The molecule has 0 N–H and O–H groups in total. The molecule has 0 radical (unpaired) electrons. The Hall–Kier alpha value is -0.300. The second kappa shape index (κ2) is 4.66. The molecule has 0 saturated heterocycles. The van der Waals surface area contributed by atoms with Crippen molar-refractivity contribution in [1.29, 1.82) is 0 Å². The van der Waals surface area contributed by atoms with E-state index in [-0.39, 0.29) is 5.41 Å². The van der Waals surface area contributed by atoms with Crippen molar-refractivity contribution in [3.05, 3.63) is 12.2 Å². The molecule has 1 nitrogen and oxygen atoms in total. The Morgan fingerprint density at radius 3 is 2.00 bits per heavy atom. The van der Waals surface area contributed by atoms with Crippen molar-refractivity contribution < 1.29 is 4.74 Å². The molecule has 12 heavy (non-hydrogen) atoms. The number of hydrogen-bond donors (Lipinski definition) is 0. The Bertz CT molecular complexity index is 142. The molecule has 0 fully saturated rings. The number of allylic oxidation sites excluding steroid dienone is 1. The van der Waals surface area contributed by atoms with Gasteiger partial charge >= 0.3 is 0 Å². The smallest absolute Gasteiger partial charge is 0.0603 e. The molecule has 0 aliphatic rings. The summed E-state index contributed by atoms with van der Waals surface area (Å²) in [5.74, 6) is 0.495. The highest BCUT2D eigenvalue weighted by molar-refractivity contribution is 4.96. The first-order valence-electron chi connectivity index (χ1n) is 4.59. The zero-order valence-corrected chi connectivity index (χ0v) is 9.22. The van der Waals surface area contributed by atoms with Gasteiger partial charge in [0.25, 0.3) is 0 Å². The minimum absolute atomic E-state index is 0.279. The molecule has 0 unspecified atom stereocenters. The highest BCUT2D eigenvalue weighted by Gasteiger charge is 2.09. The van der Waals surface area contributed by atoms with Gasteiger partial charge in [0, 0.05) is 7.11 Å². The van der Waals surface area contributed by atoms with Crippen molar-refractivity contribution in [2.24, 2.45) is 11.3 Å². The van der Waals surface area contributed by atoms with Gasteiger partial charge in [-0.25, -0.2) is 0 Å². The molecule has 0 heterocycles. The third-order valence-corrected chi connectivity index (χ3v) is 2.01. The highest BCUT2D eigenvalue weighted by Crippen LogP contribution is 2.17. The van der Waals surface area contributed by atoms with Crippen molar-refractivity contribution in [2.75, 3.05) is 7.11 Å². The van der Waals surface area contributed by atoms with Gasteiger partial charge in [-0.05, 0) is 18.3 Å². The first-order valence-corrected chi connectivity index (χ1v) is 4.59. The number of hydrogen-bond acceptors (Lipinski definition) is 1. The quantitative estimate of drug-likeness (QED) is 0.591. The summed E-state index contributed by atoms with van der Waals surface area (Å²) >= 11 is 0. The molecule has 0 aliphatic heterocycles. The largest absolute Gasteiger partial charge is 0.381 e. The van der Waals surface area contributed by atoms with Gasteiger partial charge in [0.2, 0.25) is 0 Å². The van der Waals surface area contributed by atoms with Crippen LogP contribution in [0.5, 0.6) is 0 Å². The van der Waals surface area contributed by atoms with Gasteiger partial charge < -0.3 is 4.74 Å². The van der Waals surface area contributed by atoms with E-state index in [4.69, 9.17) is 4.74 Å². The Balaban J connectivity index is 3.99. The summed E-state index contributed by atoms with van der Waals surface area (Å²) < 4.78 is 5.23. The molecule has 0 aromatic heterocycles. The summed E-state index contributed by atoms with van der Waals surface area (Å²) in [6.07, 6.45) is 4.78. The number of methoxy groups -OCH3 is 1. The predicted octanol–water partition coefficient (Wildman–Crippen LogP) is 3.26. The molecule has 0 bridgehead atoms. The van der Waals surface area contributed by atoms with Gasteiger partial charge in [-0.3, -0.25) is 0 Å². The second-order valence-electron chi connectivity index (χ2n) is 4.53. The Morgan fingerprint density at radius 2 is 1.67 bits per heavy atom. The van der Waals surface area contributed by atoms with E-state index in [1.54, 1.807) is 7.11 Å². The average Bonchev–Trinajstić information content (AvgIpc) is 1.97. The fraction of sp³-hybridized carbons (Fsp3) is 0.818. The van der Waals surface area contributed by atoms with Crippen LogP contribution in [-0.2, 0) is 4.74 Å². The molecule has 2 atom stereocenters. The van der Waals surface area contributed by atoms with Gasteiger partial charge in [0.05, 0.1) is 6.10 Å². The molecular formula is C11H22O. The van der Waals surface area contributed by atoms with E-state index in [9.17, 15) is 0 Å². The maximum Gasteiger partial charge on any atom is 0.0603 e. The van der Waals surface area contributed by atoms with Crippen LogP contribution in [0.25, 0.3) is 0 Å². The number of ether oxygens (including phenoxy) is 1. The van der Waals surface area contributed by atoms with Gasteiger partial charge in [-0.1, -0.05) is 39.8 Å². The van der Waals surface area contributed by atoms with Crippen LogP contribution in [-0.4, -0.2) is 13.2 Å². The Morgan fingerprint density at radius 1 is 1.17 bits per heavy atom.